The van der Waals surface area contributed by atoms with E-state index in [0.29, 0.717) is 30.6 Å². The predicted octanol–water partition coefficient (Wildman–Crippen LogP) is 0.894. The lowest BCUT2D eigenvalue weighted by Crippen LogP contribution is -2.38. The maximum absolute atomic E-state index is 12.6. The Balaban J connectivity index is 2.09. The second-order valence-corrected chi connectivity index (χ2v) is 5.80. The molecule has 0 saturated heterocycles. The molecule has 1 aliphatic heterocycles. The molecule has 0 unspecified atom stereocenters. The minimum absolute atomic E-state index is 0.0671. The lowest BCUT2D eigenvalue weighted by molar-refractivity contribution is -0.129. The normalized spacial score (nSPS) is 13.5. The first-order valence-corrected chi connectivity index (χ1v) is 7.60. The lowest BCUT2D eigenvalue weighted by Gasteiger charge is -2.29. The van der Waals surface area contributed by atoms with Crippen molar-refractivity contribution in [3.8, 4) is 0 Å². The van der Waals surface area contributed by atoms with Crippen molar-refractivity contribution in [3.63, 3.8) is 0 Å². The fraction of sp³-hybridized carbons (Fsp3) is 0.294. The topological polar surface area (TPSA) is 92.5 Å². The van der Waals surface area contributed by atoms with Crippen molar-refractivity contribution >= 4 is 11.9 Å². The molecule has 1 N–H and O–H groups in total. The van der Waals surface area contributed by atoms with Crippen LogP contribution in [0.25, 0.3) is 0 Å². The van der Waals surface area contributed by atoms with Crippen LogP contribution in [0.3, 0.4) is 0 Å². The Morgan fingerprint density at radius 3 is 2.79 bits per heavy atom. The highest BCUT2D eigenvalue weighted by atomic mass is 16.4. The standard InChI is InChI=1S/C17H17N3O4/c1-11(21)19-6-4-14-13(9-19)10-20(16(22)15(14)17(23)24)8-12-3-2-5-18-7-12/h2-3,5,7,10H,4,6,8-9H2,1H3,(H,23,24). The average Bonchev–Trinajstić information content (AvgIpc) is 2.55. The number of carboxylic acid groups (broad SMARTS) is 1. The molecular weight excluding hydrogens is 310 g/mol. The third-order valence-corrected chi connectivity index (χ3v) is 4.20. The summed E-state index contributed by atoms with van der Waals surface area (Å²) in [6.45, 7) is 2.46. The number of hydrogen-bond donors (Lipinski definition) is 1. The van der Waals surface area contributed by atoms with Crippen molar-refractivity contribution in [2.75, 3.05) is 6.54 Å². The number of rotatable bonds is 3. The molecule has 7 heteroatoms. The van der Waals surface area contributed by atoms with Crippen LogP contribution in [-0.2, 0) is 24.3 Å². The van der Waals surface area contributed by atoms with Gasteiger partial charge in [0, 0.05) is 38.6 Å². The van der Waals surface area contributed by atoms with Crippen LogP contribution in [0.1, 0.15) is 34.0 Å². The number of fused-ring (bicyclic) bond motifs is 1. The van der Waals surface area contributed by atoms with E-state index in [1.165, 1.54) is 11.5 Å². The van der Waals surface area contributed by atoms with Gasteiger partial charge < -0.3 is 14.6 Å². The number of hydrogen-bond acceptors (Lipinski definition) is 4. The van der Waals surface area contributed by atoms with Crippen LogP contribution >= 0.6 is 0 Å². The molecule has 2 aromatic heterocycles. The number of carboxylic acids is 1. The van der Waals surface area contributed by atoms with E-state index >= 15 is 0 Å². The molecule has 0 atom stereocenters. The van der Waals surface area contributed by atoms with Gasteiger partial charge in [0.25, 0.3) is 5.56 Å². The summed E-state index contributed by atoms with van der Waals surface area (Å²) in [6.07, 6.45) is 5.30. The van der Waals surface area contributed by atoms with Crippen LogP contribution in [0.4, 0.5) is 0 Å². The zero-order valence-electron chi connectivity index (χ0n) is 13.2. The van der Waals surface area contributed by atoms with E-state index in [0.717, 1.165) is 5.56 Å². The highest BCUT2D eigenvalue weighted by Gasteiger charge is 2.26. The molecular formula is C17H17N3O4. The van der Waals surface area contributed by atoms with Gasteiger partial charge in [-0.25, -0.2) is 4.79 Å². The molecule has 0 radical (unpaired) electrons. The average molecular weight is 327 g/mol. The van der Waals surface area contributed by atoms with E-state index in [1.807, 2.05) is 6.07 Å². The third kappa shape index (κ3) is 2.92. The first-order chi connectivity index (χ1) is 11.5. The van der Waals surface area contributed by atoms with Crippen molar-refractivity contribution in [1.82, 2.24) is 14.5 Å². The number of pyridine rings is 2. The molecule has 1 amide bonds. The van der Waals surface area contributed by atoms with Gasteiger partial charge in [-0.15, -0.1) is 0 Å². The van der Waals surface area contributed by atoms with Gasteiger partial charge in [0.1, 0.15) is 5.56 Å². The fourth-order valence-electron chi connectivity index (χ4n) is 3.01. The second kappa shape index (κ2) is 6.27. The summed E-state index contributed by atoms with van der Waals surface area (Å²) >= 11 is 0. The molecule has 1 aliphatic rings. The zero-order chi connectivity index (χ0) is 17.3. The summed E-state index contributed by atoms with van der Waals surface area (Å²) in [4.78, 5) is 41.4. The van der Waals surface area contributed by atoms with Gasteiger partial charge in [-0.05, 0) is 29.2 Å². The minimum Gasteiger partial charge on any atom is -0.477 e. The summed E-state index contributed by atoms with van der Waals surface area (Å²) in [5.74, 6) is -1.30. The molecule has 0 bridgehead atoms. The van der Waals surface area contributed by atoms with Crippen molar-refractivity contribution in [3.05, 3.63) is 63.3 Å². The van der Waals surface area contributed by atoms with Crippen LogP contribution in [0.5, 0.6) is 0 Å². The van der Waals surface area contributed by atoms with Crippen LogP contribution in [-0.4, -0.2) is 38.0 Å². The van der Waals surface area contributed by atoms with Crippen LogP contribution in [0.2, 0.25) is 0 Å². The highest BCUT2D eigenvalue weighted by molar-refractivity contribution is 5.89. The van der Waals surface area contributed by atoms with E-state index in [-0.39, 0.29) is 18.0 Å². The fourth-order valence-corrected chi connectivity index (χ4v) is 3.01. The third-order valence-electron chi connectivity index (χ3n) is 4.20. The van der Waals surface area contributed by atoms with Crippen LogP contribution < -0.4 is 5.56 Å². The minimum atomic E-state index is -1.23. The number of nitrogens with zero attached hydrogens (tertiary/aromatic N) is 3. The summed E-state index contributed by atoms with van der Waals surface area (Å²) < 4.78 is 1.38. The molecule has 2 aromatic rings. The molecule has 3 rings (SSSR count). The summed E-state index contributed by atoms with van der Waals surface area (Å²) in [5, 5.41) is 9.48. The van der Waals surface area contributed by atoms with Gasteiger partial charge in [0.15, 0.2) is 0 Å². The quantitative estimate of drug-likeness (QED) is 0.904. The number of aromatic carboxylic acids is 1. The molecule has 0 spiro atoms. The van der Waals surface area contributed by atoms with Gasteiger partial charge in [-0.1, -0.05) is 6.07 Å². The molecule has 0 aromatic carbocycles. The first-order valence-electron chi connectivity index (χ1n) is 7.60. The monoisotopic (exact) mass is 327 g/mol. The largest absolute Gasteiger partial charge is 0.477 e. The Labute approximate surface area is 138 Å². The highest BCUT2D eigenvalue weighted by Crippen LogP contribution is 2.21. The smallest absolute Gasteiger partial charge is 0.341 e. The second-order valence-electron chi connectivity index (χ2n) is 5.80. The maximum atomic E-state index is 12.6. The number of aromatic nitrogens is 2. The van der Waals surface area contributed by atoms with E-state index in [4.69, 9.17) is 0 Å². The van der Waals surface area contributed by atoms with Crippen LogP contribution in [0, 0.1) is 0 Å². The number of carbonyl (C=O) groups is 2. The first kappa shape index (κ1) is 15.9. The van der Waals surface area contributed by atoms with E-state index in [9.17, 15) is 19.5 Å². The van der Waals surface area contributed by atoms with E-state index in [2.05, 4.69) is 4.98 Å². The molecule has 124 valence electrons. The lowest BCUT2D eigenvalue weighted by atomic mass is 9.96. The van der Waals surface area contributed by atoms with Crippen molar-refractivity contribution in [2.45, 2.75) is 26.4 Å². The van der Waals surface area contributed by atoms with Gasteiger partial charge in [0.05, 0.1) is 6.54 Å². The Morgan fingerprint density at radius 1 is 1.38 bits per heavy atom. The molecule has 7 nitrogen and oxygen atoms in total. The Kier molecular flexibility index (Phi) is 4.16. The van der Waals surface area contributed by atoms with E-state index < -0.39 is 11.5 Å². The Bertz CT molecular complexity index is 858. The molecule has 24 heavy (non-hydrogen) atoms. The Hall–Kier alpha value is -2.96. The predicted molar refractivity (Wildman–Crippen MR) is 85.8 cm³/mol. The summed E-state index contributed by atoms with van der Waals surface area (Å²) in [6, 6.07) is 3.58. The van der Waals surface area contributed by atoms with Crippen molar-refractivity contribution in [1.29, 1.82) is 0 Å². The molecule has 0 aliphatic carbocycles. The van der Waals surface area contributed by atoms with E-state index in [1.54, 1.807) is 29.6 Å². The summed E-state index contributed by atoms with van der Waals surface area (Å²) in [5.41, 5.74) is 1.32. The number of amides is 1. The Morgan fingerprint density at radius 2 is 2.17 bits per heavy atom. The van der Waals surface area contributed by atoms with Gasteiger partial charge in [0.2, 0.25) is 5.91 Å². The SMILES string of the molecule is CC(=O)N1CCc2c(cn(Cc3cccnc3)c(=O)c2C(=O)O)C1. The molecule has 0 fully saturated rings. The molecule has 3 heterocycles. The maximum Gasteiger partial charge on any atom is 0.341 e. The van der Waals surface area contributed by atoms with Crippen molar-refractivity contribution in [2.24, 2.45) is 0 Å². The van der Waals surface area contributed by atoms with Gasteiger partial charge in [-0.2, -0.15) is 0 Å². The summed E-state index contributed by atoms with van der Waals surface area (Å²) in [7, 11) is 0. The van der Waals surface area contributed by atoms with Crippen LogP contribution in [0.15, 0.2) is 35.5 Å². The number of carbonyl (C=O) groups excluding carboxylic acids is 1. The zero-order valence-corrected chi connectivity index (χ0v) is 13.2. The molecule has 0 saturated carbocycles. The van der Waals surface area contributed by atoms with Gasteiger partial charge >= 0.3 is 5.97 Å². The van der Waals surface area contributed by atoms with Gasteiger partial charge in [-0.3, -0.25) is 14.6 Å². The van der Waals surface area contributed by atoms with Crippen molar-refractivity contribution < 1.29 is 14.7 Å².